The molecule has 2 aromatic heterocycles. The van der Waals surface area contributed by atoms with Crippen molar-refractivity contribution in [3.8, 4) is 11.3 Å². The highest BCUT2D eigenvalue weighted by Crippen LogP contribution is 2.39. The molecule has 170 valence electrons. The molecule has 4 nitrogen and oxygen atoms in total. The zero-order chi connectivity index (χ0) is 22.5. The molecule has 2 fully saturated rings. The van der Waals surface area contributed by atoms with Crippen molar-refractivity contribution < 1.29 is 4.74 Å². The summed E-state index contributed by atoms with van der Waals surface area (Å²) < 4.78 is 5.40. The standard InChI is InChI=1S/C29H33N3O/c1-18(2)27-25-15-21(20-8-11-32(12-9-20)24-16-33-17-24)6-7-26(25)31-29(27)23-13-19(3)28-22(14-23)5-4-10-30-28/h4-7,10,13-15,18,20,24,31H,8-9,11-12,16-17H2,1-3H3. The zero-order valence-electron chi connectivity index (χ0n) is 19.9. The maximum Gasteiger partial charge on any atom is 0.0731 e. The van der Waals surface area contributed by atoms with Crippen molar-refractivity contribution in [3.05, 3.63) is 65.4 Å². The van der Waals surface area contributed by atoms with Crippen LogP contribution in [-0.4, -0.2) is 47.2 Å². The van der Waals surface area contributed by atoms with E-state index in [9.17, 15) is 0 Å². The van der Waals surface area contributed by atoms with Crippen LogP contribution in [0.5, 0.6) is 0 Å². The highest BCUT2D eigenvalue weighted by Gasteiger charge is 2.30. The number of aromatic nitrogens is 2. The maximum absolute atomic E-state index is 5.40. The van der Waals surface area contributed by atoms with E-state index in [1.165, 1.54) is 70.2 Å². The molecule has 0 saturated carbocycles. The van der Waals surface area contributed by atoms with Gasteiger partial charge in [-0.2, -0.15) is 0 Å². The van der Waals surface area contributed by atoms with Crippen LogP contribution in [0.3, 0.4) is 0 Å². The van der Waals surface area contributed by atoms with Gasteiger partial charge in [0.2, 0.25) is 0 Å². The van der Waals surface area contributed by atoms with Crippen molar-refractivity contribution in [2.45, 2.75) is 51.5 Å². The summed E-state index contributed by atoms with van der Waals surface area (Å²) in [6.07, 6.45) is 4.36. The molecule has 2 aromatic carbocycles. The summed E-state index contributed by atoms with van der Waals surface area (Å²) in [7, 11) is 0. The molecule has 0 unspecified atom stereocenters. The summed E-state index contributed by atoms with van der Waals surface area (Å²) in [6.45, 7) is 11.0. The van der Waals surface area contributed by atoms with Crippen LogP contribution in [0, 0.1) is 6.92 Å². The topological polar surface area (TPSA) is 41.2 Å². The summed E-state index contributed by atoms with van der Waals surface area (Å²) in [5.74, 6) is 1.09. The van der Waals surface area contributed by atoms with E-state index in [1.54, 1.807) is 0 Å². The smallest absolute Gasteiger partial charge is 0.0731 e. The Hall–Kier alpha value is -2.69. The van der Waals surface area contributed by atoms with Gasteiger partial charge in [-0.1, -0.05) is 26.0 Å². The van der Waals surface area contributed by atoms with E-state index in [4.69, 9.17) is 4.74 Å². The first kappa shape index (κ1) is 20.9. The number of nitrogens with one attached hydrogen (secondary N) is 1. The lowest BCUT2D eigenvalue weighted by Gasteiger charge is -2.41. The average molecular weight is 440 g/mol. The third-order valence-corrected chi connectivity index (χ3v) is 7.76. The van der Waals surface area contributed by atoms with Gasteiger partial charge in [0.1, 0.15) is 0 Å². The number of aromatic amines is 1. The molecule has 0 aliphatic carbocycles. The molecule has 4 heteroatoms. The summed E-state index contributed by atoms with van der Waals surface area (Å²) in [5, 5.41) is 2.58. The van der Waals surface area contributed by atoms with Crippen molar-refractivity contribution in [1.29, 1.82) is 0 Å². The molecule has 2 aliphatic heterocycles. The number of hydrogen-bond donors (Lipinski definition) is 1. The van der Waals surface area contributed by atoms with Gasteiger partial charge in [0.25, 0.3) is 0 Å². The Morgan fingerprint density at radius 2 is 1.88 bits per heavy atom. The van der Waals surface area contributed by atoms with E-state index in [0.717, 1.165) is 18.7 Å². The van der Waals surface area contributed by atoms with Gasteiger partial charge in [0, 0.05) is 28.2 Å². The van der Waals surface area contributed by atoms with Crippen LogP contribution >= 0.6 is 0 Å². The van der Waals surface area contributed by atoms with Gasteiger partial charge in [-0.3, -0.25) is 9.88 Å². The summed E-state index contributed by atoms with van der Waals surface area (Å²) in [5.41, 5.74) is 8.99. The van der Waals surface area contributed by atoms with Gasteiger partial charge in [-0.25, -0.2) is 0 Å². The van der Waals surface area contributed by atoms with Gasteiger partial charge in [-0.15, -0.1) is 0 Å². The lowest BCUT2D eigenvalue weighted by Crippen LogP contribution is -2.51. The van der Waals surface area contributed by atoms with E-state index in [1.807, 2.05) is 12.3 Å². The summed E-state index contributed by atoms with van der Waals surface area (Å²) in [6, 6.07) is 16.6. The molecule has 6 rings (SSSR count). The monoisotopic (exact) mass is 439 g/mol. The minimum absolute atomic E-state index is 0.439. The molecule has 0 radical (unpaired) electrons. The number of piperidine rings is 1. The fourth-order valence-corrected chi connectivity index (χ4v) is 5.86. The number of fused-ring (bicyclic) bond motifs is 2. The average Bonchev–Trinajstić information content (AvgIpc) is 3.18. The molecule has 0 atom stereocenters. The molecule has 33 heavy (non-hydrogen) atoms. The number of rotatable bonds is 4. The SMILES string of the molecule is Cc1cc(-c2[nH]c3ccc(C4CCN(C5COC5)CC4)cc3c2C(C)C)cc2cccnc12. The molecule has 2 aliphatic rings. The van der Waals surface area contributed by atoms with E-state index in [0.29, 0.717) is 17.9 Å². The Labute approximate surface area is 196 Å². The lowest BCUT2D eigenvalue weighted by molar-refractivity contribution is -0.0712. The molecule has 0 spiro atoms. The summed E-state index contributed by atoms with van der Waals surface area (Å²) in [4.78, 5) is 11.0. The predicted octanol–water partition coefficient (Wildman–Crippen LogP) is 6.39. The molecule has 0 amide bonds. The number of likely N-dealkylation sites (tertiary alicyclic amines) is 1. The fraction of sp³-hybridized carbons (Fsp3) is 0.414. The molecule has 2 saturated heterocycles. The van der Waals surface area contributed by atoms with Crippen molar-refractivity contribution in [2.24, 2.45) is 0 Å². The Kier molecular flexibility index (Phi) is 5.23. The Morgan fingerprint density at radius 1 is 1.06 bits per heavy atom. The largest absolute Gasteiger partial charge is 0.378 e. The first-order valence-electron chi connectivity index (χ1n) is 12.4. The minimum atomic E-state index is 0.439. The third-order valence-electron chi connectivity index (χ3n) is 7.76. The van der Waals surface area contributed by atoms with E-state index >= 15 is 0 Å². The van der Waals surface area contributed by atoms with E-state index in [2.05, 4.69) is 72.0 Å². The Bertz CT molecular complexity index is 1310. The van der Waals surface area contributed by atoms with Crippen molar-refractivity contribution >= 4 is 21.8 Å². The van der Waals surface area contributed by atoms with Gasteiger partial charge >= 0.3 is 0 Å². The number of benzene rings is 2. The third kappa shape index (κ3) is 3.66. The first-order chi connectivity index (χ1) is 16.1. The number of aryl methyl sites for hydroxylation is 1. The Morgan fingerprint density at radius 3 is 2.61 bits per heavy atom. The second-order valence-corrected chi connectivity index (χ2v) is 10.2. The number of hydrogen-bond acceptors (Lipinski definition) is 3. The Balaban J connectivity index is 1.38. The molecule has 0 bridgehead atoms. The van der Waals surface area contributed by atoms with Crippen LogP contribution in [0.1, 0.15) is 55.2 Å². The molecule has 1 N–H and O–H groups in total. The van der Waals surface area contributed by atoms with Gasteiger partial charge < -0.3 is 9.72 Å². The van der Waals surface area contributed by atoms with Crippen LogP contribution in [0.15, 0.2) is 48.7 Å². The van der Waals surface area contributed by atoms with Crippen LogP contribution < -0.4 is 0 Å². The van der Waals surface area contributed by atoms with Crippen LogP contribution in [0.4, 0.5) is 0 Å². The number of nitrogens with zero attached hydrogens (tertiary/aromatic N) is 2. The highest BCUT2D eigenvalue weighted by atomic mass is 16.5. The van der Waals surface area contributed by atoms with E-state index in [-0.39, 0.29) is 0 Å². The number of pyridine rings is 1. The molecule has 4 aromatic rings. The first-order valence-corrected chi connectivity index (χ1v) is 12.4. The second-order valence-electron chi connectivity index (χ2n) is 10.2. The van der Waals surface area contributed by atoms with Crippen LogP contribution in [0.25, 0.3) is 33.1 Å². The molecule has 4 heterocycles. The maximum atomic E-state index is 5.40. The van der Waals surface area contributed by atoms with Crippen molar-refractivity contribution in [3.63, 3.8) is 0 Å². The van der Waals surface area contributed by atoms with Crippen LogP contribution in [-0.2, 0) is 4.74 Å². The highest BCUT2D eigenvalue weighted by molar-refractivity contribution is 5.94. The van der Waals surface area contributed by atoms with Crippen molar-refractivity contribution in [2.75, 3.05) is 26.3 Å². The van der Waals surface area contributed by atoms with Crippen molar-refractivity contribution in [1.82, 2.24) is 14.9 Å². The fourth-order valence-electron chi connectivity index (χ4n) is 5.86. The van der Waals surface area contributed by atoms with E-state index < -0.39 is 0 Å². The summed E-state index contributed by atoms with van der Waals surface area (Å²) >= 11 is 0. The zero-order valence-corrected chi connectivity index (χ0v) is 19.9. The molecular formula is C29H33N3O. The van der Waals surface area contributed by atoms with Crippen LogP contribution in [0.2, 0.25) is 0 Å². The molecular weight excluding hydrogens is 406 g/mol. The van der Waals surface area contributed by atoms with Gasteiger partial charge in [0.05, 0.1) is 24.8 Å². The number of ether oxygens (including phenoxy) is 1. The minimum Gasteiger partial charge on any atom is -0.378 e. The predicted molar refractivity (Wildman–Crippen MR) is 136 cm³/mol. The lowest BCUT2D eigenvalue weighted by atomic mass is 9.87. The quantitative estimate of drug-likeness (QED) is 0.400. The van der Waals surface area contributed by atoms with Gasteiger partial charge in [-0.05, 0) is 97.3 Å². The normalized spacial score (nSPS) is 18.4. The van der Waals surface area contributed by atoms with Gasteiger partial charge in [0.15, 0.2) is 0 Å². The number of H-pyrrole nitrogens is 1. The second kappa shape index (κ2) is 8.27.